The van der Waals surface area contributed by atoms with Crippen molar-refractivity contribution in [2.75, 3.05) is 6.54 Å². The van der Waals surface area contributed by atoms with Crippen molar-refractivity contribution in [2.45, 2.75) is 38.3 Å². The molecular formula is C13H17N3O3S. The first-order valence-electron chi connectivity index (χ1n) is 6.52. The Morgan fingerprint density at radius 3 is 2.75 bits per heavy atom. The fourth-order valence-electron chi connectivity index (χ4n) is 2.85. The number of sulfonamides is 1. The highest BCUT2D eigenvalue weighted by molar-refractivity contribution is 7.89. The van der Waals surface area contributed by atoms with Crippen molar-refractivity contribution in [3.63, 3.8) is 0 Å². The van der Waals surface area contributed by atoms with Crippen molar-refractivity contribution < 1.29 is 12.9 Å². The Morgan fingerprint density at radius 2 is 2.10 bits per heavy atom. The summed E-state index contributed by atoms with van der Waals surface area (Å²) in [5.41, 5.74) is 1.42. The molecule has 20 heavy (non-hydrogen) atoms. The van der Waals surface area contributed by atoms with Crippen LogP contribution < -0.4 is 0 Å². The fourth-order valence-corrected chi connectivity index (χ4v) is 4.74. The number of nitrogens with zero attached hydrogens (tertiary/aromatic N) is 3. The second kappa shape index (κ2) is 4.46. The molecule has 2 aromatic rings. The van der Waals surface area contributed by atoms with Crippen molar-refractivity contribution >= 4 is 10.0 Å². The number of fused-ring (bicyclic) bond motifs is 1. The molecular weight excluding hydrogens is 278 g/mol. The van der Waals surface area contributed by atoms with E-state index in [0.29, 0.717) is 24.5 Å². The van der Waals surface area contributed by atoms with Gasteiger partial charge < -0.3 is 9.09 Å². The standard InChI is InChI=1S/C13H17N3O3S/c1-9-13(11(3)19-14-9)20(17,18)16-8-7-15-6-4-5-12(15)10(16)2/h4-6,10H,7-8H2,1-3H3. The minimum Gasteiger partial charge on any atom is -0.360 e. The Bertz CT molecular complexity index is 725. The van der Waals surface area contributed by atoms with Gasteiger partial charge in [0.25, 0.3) is 0 Å². The van der Waals surface area contributed by atoms with Crippen molar-refractivity contribution in [3.05, 3.63) is 35.5 Å². The van der Waals surface area contributed by atoms with E-state index in [-0.39, 0.29) is 10.9 Å². The maximum absolute atomic E-state index is 12.8. The van der Waals surface area contributed by atoms with Crippen LogP contribution in [0.2, 0.25) is 0 Å². The first kappa shape index (κ1) is 13.4. The van der Waals surface area contributed by atoms with Gasteiger partial charge in [-0.05, 0) is 32.9 Å². The summed E-state index contributed by atoms with van der Waals surface area (Å²) in [6.07, 6.45) is 1.98. The largest absolute Gasteiger partial charge is 0.360 e. The van der Waals surface area contributed by atoms with Gasteiger partial charge in [0.05, 0.1) is 6.04 Å². The summed E-state index contributed by atoms with van der Waals surface area (Å²) in [4.78, 5) is 0.198. The monoisotopic (exact) mass is 295 g/mol. The minimum atomic E-state index is -3.59. The molecule has 1 unspecified atom stereocenters. The molecule has 0 saturated carbocycles. The van der Waals surface area contributed by atoms with Crippen LogP contribution in [0, 0.1) is 13.8 Å². The van der Waals surface area contributed by atoms with Gasteiger partial charge in [0.2, 0.25) is 10.0 Å². The molecule has 0 N–H and O–H groups in total. The Morgan fingerprint density at radius 1 is 1.35 bits per heavy atom. The van der Waals surface area contributed by atoms with Gasteiger partial charge in [-0.3, -0.25) is 0 Å². The average Bonchev–Trinajstić information content (AvgIpc) is 2.97. The van der Waals surface area contributed by atoms with E-state index in [2.05, 4.69) is 9.72 Å². The van der Waals surface area contributed by atoms with Crippen LogP contribution in [0.25, 0.3) is 0 Å². The van der Waals surface area contributed by atoms with Gasteiger partial charge >= 0.3 is 0 Å². The van der Waals surface area contributed by atoms with E-state index in [1.807, 2.05) is 25.3 Å². The van der Waals surface area contributed by atoms with Crippen LogP contribution in [0.3, 0.4) is 0 Å². The lowest BCUT2D eigenvalue weighted by Gasteiger charge is -2.33. The van der Waals surface area contributed by atoms with E-state index in [4.69, 9.17) is 4.52 Å². The first-order valence-corrected chi connectivity index (χ1v) is 7.96. The molecule has 6 nitrogen and oxygen atoms in total. The summed E-state index contributed by atoms with van der Waals surface area (Å²) < 4.78 is 34.3. The van der Waals surface area contributed by atoms with Crippen molar-refractivity contribution in [2.24, 2.45) is 0 Å². The summed E-state index contributed by atoms with van der Waals surface area (Å²) >= 11 is 0. The Balaban J connectivity index is 2.06. The summed E-state index contributed by atoms with van der Waals surface area (Å²) in [7, 11) is -3.59. The normalized spacial score (nSPS) is 20.1. The molecule has 1 aliphatic heterocycles. The minimum absolute atomic E-state index is 0.197. The predicted molar refractivity (Wildman–Crippen MR) is 72.7 cm³/mol. The van der Waals surface area contributed by atoms with Crippen LogP contribution in [0.4, 0.5) is 0 Å². The third kappa shape index (κ3) is 1.81. The summed E-state index contributed by atoms with van der Waals surface area (Å²) in [5.74, 6) is 0.343. The van der Waals surface area contributed by atoms with Crippen LogP contribution >= 0.6 is 0 Å². The summed E-state index contributed by atoms with van der Waals surface area (Å²) in [5, 5.41) is 3.75. The Hall–Kier alpha value is -1.60. The highest BCUT2D eigenvalue weighted by Gasteiger charge is 2.37. The van der Waals surface area contributed by atoms with Gasteiger partial charge in [-0.25, -0.2) is 8.42 Å². The first-order chi connectivity index (χ1) is 9.43. The molecule has 0 spiro atoms. The molecule has 0 fully saturated rings. The van der Waals surface area contributed by atoms with E-state index in [1.165, 1.54) is 4.31 Å². The zero-order chi connectivity index (χ0) is 14.5. The van der Waals surface area contributed by atoms with E-state index in [0.717, 1.165) is 5.69 Å². The number of rotatable bonds is 2. The molecule has 0 radical (unpaired) electrons. The van der Waals surface area contributed by atoms with Crippen molar-refractivity contribution in [3.8, 4) is 0 Å². The zero-order valence-corrected chi connectivity index (χ0v) is 12.5. The second-order valence-corrected chi connectivity index (χ2v) is 6.90. The molecule has 3 rings (SSSR count). The SMILES string of the molecule is Cc1noc(C)c1S(=O)(=O)N1CCn2cccc2C1C. The van der Waals surface area contributed by atoms with Gasteiger partial charge in [0.15, 0.2) is 5.76 Å². The van der Waals surface area contributed by atoms with Gasteiger partial charge in [-0.1, -0.05) is 5.16 Å². The molecule has 0 saturated heterocycles. The van der Waals surface area contributed by atoms with Crippen LogP contribution in [0.15, 0.2) is 27.7 Å². The third-order valence-corrected chi connectivity index (χ3v) is 6.04. The number of aromatic nitrogens is 2. The topological polar surface area (TPSA) is 68.3 Å². The third-order valence-electron chi connectivity index (χ3n) is 3.82. The maximum Gasteiger partial charge on any atom is 0.249 e. The number of hydrogen-bond donors (Lipinski definition) is 0. The van der Waals surface area contributed by atoms with Crippen LogP contribution in [-0.4, -0.2) is 29.0 Å². The Kier molecular flexibility index (Phi) is 2.98. The molecule has 3 heterocycles. The maximum atomic E-state index is 12.8. The molecule has 7 heteroatoms. The van der Waals surface area contributed by atoms with Gasteiger partial charge in [0, 0.05) is 25.0 Å². The molecule has 0 aliphatic carbocycles. The lowest BCUT2D eigenvalue weighted by atomic mass is 10.2. The van der Waals surface area contributed by atoms with Crippen LogP contribution in [-0.2, 0) is 16.6 Å². The van der Waals surface area contributed by atoms with E-state index < -0.39 is 10.0 Å². The zero-order valence-electron chi connectivity index (χ0n) is 11.7. The van der Waals surface area contributed by atoms with E-state index >= 15 is 0 Å². The highest BCUT2D eigenvalue weighted by Crippen LogP contribution is 2.33. The molecule has 0 aromatic carbocycles. The van der Waals surface area contributed by atoms with E-state index in [1.54, 1.807) is 13.8 Å². The van der Waals surface area contributed by atoms with Crippen molar-refractivity contribution in [1.29, 1.82) is 0 Å². The van der Waals surface area contributed by atoms with Crippen molar-refractivity contribution in [1.82, 2.24) is 14.0 Å². The summed E-state index contributed by atoms with van der Waals surface area (Å²) in [6.45, 7) is 6.30. The predicted octanol–water partition coefficient (Wildman–Crippen LogP) is 1.86. The highest BCUT2D eigenvalue weighted by atomic mass is 32.2. The fraction of sp³-hybridized carbons (Fsp3) is 0.462. The van der Waals surface area contributed by atoms with Gasteiger partial charge in [-0.15, -0.1) is 0 Å². The summed E-state index contributed by atoms with van der Waals surface area (Å²) in [6, 6.07) is 3.70. The average molecular weight is 295 g/mol. The van der Waals surface area contributed by atoms with Crippen LogP contribution in [0.1, 0.15) is 30.1 Å². The molecule has 1 atom stereocenters. The second-order valence-electron chi connectivity index (χ2n) is 5.07. The van der Waals surface area contributed by atoms with Gasteiger partial charge in [-0.2, -0.15) is 4.31 Å². The van der Waals surface area contributed by atoms with Gasteiger partial charge in [0.1, 0.15) is 10.6 Å². The van der Waals surface area contributed by atoms with E-state index in [9.17, 15) is 8.42 Å². The lowest BCUT2D eigenvalue weighted by Crippen LogP contribution is -2.40. The molecule has 2 aromatic heterocycles. The number of aryl methyl sites for hydroxylation is 2. The molecule has 1 aliphatic rings. The smallest absolute Gasteiger partial charge is 0.249 e. The number of hydrogen-bond acceptors (Lipinski definition) is 4. The molecule has 0 amide bonds. The molecule has 0 bridgehead atoms. The lowest BCUT2D eigenvalue weighted by molar-refractivity contribution is 0.282. The van der Waals surface area contributed by atoms with Crippen LogP contribution in [0.5, 0.6) is 0 Å². The Labute approximate surface area is 118 Å². The quantitative estimate of drug-likeness (QED) is 0.848. The molecule has 108 valence electrons.